The number of rotatable bonds is 2. The van der Waals surface area contributed by atoms with E-state index in [1.54, 1.807) is 0 Å². The van der Waals surface area contributed by atoms with E-state index in [1.807, 2.05) is 11.7 Å². The van der Waals surface area contributed by atoms with E-state index in [0.29, 0.717) is 6.04 Å². The van der Waals surface area contributed by atoms with Crippen molar-refractivity contribution in [1.82, 2.24) is 4.67 Å². The van der Waals surface area contributed by atoms with Crippen LogP contribution in [-0.4, -0.2) is 17.8 Å². The zero-order valence-electron chi connectivity index (χ0n) is 7.57. The molecule has 0 aromatic rings. The van der Waals surface area contributed by atoms with Crippen molar-refractivity contribution in [3.05, 3.63) is 0 Å². The highest BCUT2D eigenvalue weighted by atomic mass is 32.4. The average molecular weight is 207 g/mol. The predicted octanol–water partition coefficient (Wildman–Crippen LogP) is 1.39. The van der Waals surface area contributed by atoms with E-state index in [9.17, 15) is 0 Å². The molecule has 0 unspecified atom stereocenters. The maximum absolute atomic E-state index is 5.74. The first-order valence-electron chi connectivity index (χ1n) is 4.42. The molecule has 3 nitrogen and oxygen atoms in total. The largest absolute Gasteiger partial charge is 0.279 e. The Balaban J connectivity index is 2.51. The molecule has 0 amide bonds. The van der Waals surface area contributed by atoms with E-state index < -0.39 is 6.49 Å². The molecule has 0 bridgehead atoms. The van der Waals surface area contributed by atoms with Gasteiger partial charge in [0.15, 0.2) is 0 Å². The van der Waals surface area contributed by atoms with Gasteiger partial charge in [0.25, 0.3) is 0 Å². The van der Waals surface area contributed by atoms with Crippen molar-refractivity contribution in [2.24, 2.45) is 11.0 Å². The molecular weight excluding hydrogens is 189 g/mol. The molecule has 0 radical (unpaired) electrons. The summed E-state index contributed by atoms with van der Waals surface area (Å²) in [7, 11) is 1.97. The lowest BCUT2D eigenvalue weighted by molar-refractivity contribution is 0.297. The first-order chi connectivity index (χ1) is 5.52. The Bertz CT molecular complexity index is 185. The Hall–Kier alpha value is 0.530. The van der Waals surface area contributed by atoms with Gasteiger partial charge < -0.3 is 0 Å². The first-order valence-corrected chi connectivity index (χ1v) is 7.31. The lowest BCUT2D eigenvalue weighted by atomic mass is 9.96. The second kappa shape index (κ2) is 4.16. The smallest absolute Gasteiger partial charge is 0.135 e. The number of nitrogens with zero attached hydrogens (tertiary/aromatic N) is 1. The van der Waals surface area contributed by atoms with E-state index in [1.165, 1.54) is 32.1 Å². The SMILES string of the molecule is CN(C1CCCCC1)P(N)(N)=S. The molecule has 0 saturated heterocycles. The van der Waals surface area contributed by atoms with Crippen LogP contribution in [0.3, 0.4) is 0 Å². The second-order valence-corrected chi connectivity index (χ2v) is 7.27. The van der Waals surface area contributed by atoms with Crippen LogP contribution < -0.4 is 11.0 Å². The van der Waals surface area contributed by atoms with Gasteiger partial charge in [-0.15, -0.1) is 0 Å². The minimum absolute atomic E-state index is 0.541. The van der Waals surface area contributed by atoms with Crippen LogP contribution in [-0.2, 0) is 11.8 Å². The van der Waals surface area contributed by atoms with Crippen molar-refractivity contribution in [3.63, 3.8) is 0 Å². The van der Waals surface area contributed by atoms with Crippen LogP contribution in [0.4, 0.5) is 0 Å². The minimum Gasteiger partial charge on any atom is -0.279 e. The van der Waals surface area contributed by atoms with Crippen molar-refractivity contribution in [3.8, 4) is 0 Å². The summed E-state index contributed by atoms with van der Waals surface area (Å²) in [5.41, 5.74) is 11.5. The molecule has 1 aliphatic rings. The van der Waals surface area contributed by atoms with Crippen molar-refractivity contribution in [2.75, 3.05) is 7.05 Å². The number of hydrogen-bond acceptors (Lipinski definition) is 1. The molecule has 12 heavy (non-hydrogen) atoms. The highest BCUT2D eigenvalue weighted by Gasteiger charge is 2.23. The fourth-order valence-corrected chi connectivity index (χ4v) is 2.85. The molecule has 0 heterocycles. The lowest BCUT2D eigenvalue weighted by Gasteiger charge is -2.35. The summed E-state index contributed by atoms with van der Waals surface area (Å²) < 4.78 is 2.03. The first kappa shape index (κ1) is 10.6. The van der Waals surface area contributed by atoms with Crippen LogP contribution >= 0.6 is 6.49 Å². The Kier molecular flexibility index (Phi) is 3.68. The molecular formula is C7H18N3PS. The van der Waals surface area contributed by atoms with E-state index in [4.69, 9.17) is 22.8 Å². The summed E-state index contributed by atoms with van der Waals surface area (Å²) in [4.78, 5) is 0. The van der Waals surface area contributed by atoms with Gasteiger partial charge in [-0.2, -0.15) is 0 Å². The van der Waals surface area contributed by atoms with Crippen LogP contribution in [0.5, 0.6) is 0 Å². The summed E-state index contributed by atoms with van der Waals surface area (Å²) in [5.74, 6) is 0. The third-order valence-electron chi connectivity index (χ3n) is 2.60. The molecule has 72 valence electrons. The van der Waals surface area contributed by atoms with Crippen LogP contribution in [0, 0.1) is 0 Å². The maximum atomic E-state index is 5.74. The maximum Gasteiger partial charge on any atom is 0.135 e. The van der Waals surface area contributed by atoms with Gasteiger partial charge in [0.2, 0.25) is 0 Å². The average Bonchev–Trinajstić information content (AvgIpc) is 2.03. The van der Waals surface area contributed by atoms with E-state index in [0.717, 1.165) is 0 Å². The molecule has 4 N–H and O–H groups in total. The third-order valence-corrected chi connectivity index (χ3v) is 4.68. The molecule has 1 fully saturated rings. The Morgan fingerprint density at radius 2 is 1.75 bits per heavy atom. The molecule has 0 spiro atoms. The van der Waals surface area contributed by atoms with Gasteiger partial charge in [0.05, 0.1) is 0 Å². The van der Waals surface area contributed by atoms with Crippen molar-refractivity contribution < 1.29 is 0 Å². The molecule has 0 atom stereocenters. The van der Waals surface area contributed by atoms with E-state index in [-0.39, 0.29) is 0 Å². The fraction of sp³-hybridized carbons (Fsp3) is 1.00. The van der Waals surface area contributed by atoms with Crippen molar-refractivity contribution in [1.29, 1.82) is 0 Å². The van der Waals surface area contributed by atoms with Gasteiger partial charge >= 0.3 is 0 Å². The van der Waals surface area contributed by atoms with Gasteiger partial charge in [0.1, 0.15) is 6.49 Å². The summed E-state index contributed by atoms with van der Waals surface area (Å²) >= 11 is 5.08. The molecule has 0 aliphatic heterocycles. The zero-order valence-corrected chi connectivity index (χ0v) is 9.28. The third kappa shape index (κ3) is 2.79. The van der Waals surface area contributed by atoms with E-state index >= 15 is 0 Å². The lowest BCUT2D eigenvalue weighted by Crippen LogP contribution is -2.35. The fourth-order valence-electron chi connectivity index (χ4n) is 1.71. The van der Waals surface area contributed by atoms with Gasteiger partial charge in [-0.05, 0) is 31.7 Å². The van der Waals surface area contributed by atoms with Crippen molar-refractivity contribution in [2.45, 2.75) is 38.1 Å². The molecule has 0 aromatic carbocycles. The Morgan fingerprint density at radius 3 is 2.17 bits per heavy atom. The normalized spacial score (nSPS) is 21.7. The Morgan fingerprint density at radius 1 is 1.25 bits per heavy atom. The van der Waals surface area contributed by atoms with Crippen LogP contribution in [0.2, 0.25) is 0 Å². The van der Waals surface area contributed by atoms with Crippen LogP contribution in [0.1, 0.15) is 32.1 Å². The highest BCUT2D eigenvalue weighted by molar-refractivity contribution is 8.11. The summed E-state index contributed by atoms with van der Waals surface area (Å²) in [5, 5.41) is 0. The molecule has 5 heteroatoms. The van der Waals surface area contributed by atoms with Crippen molar-refractivity contribution >= 4 is 18.3 Å². The monoisotopic (exact) mass is 207 g/mol. The molecule has 1 saturated carbocycles. The second-order valence-electron chi connectivity index (χ2n) is 3.54. The van der Waals surface area contributed by atoms with Crippen LogP contribution in [0.25, 0.3) is 0 Å². The topological polar surface area (TPSA) is 55.3 Å². The van der Waals surface area contributed by atoms with Gasteiger partial charge in [0, 0.05) is 6.04 Å². The summed E-state index contributed by atoms with van der Waals surface area (Å²) in [6, 6.07) is 0.541. The highest BCUT2D eigenvalue weighted by Crippen LogP contribution is 2.36. The summed E-state index contributed by atoms with van der Waals surface area (Å²) in [6.45, 7) is -2.16. The zero-order chi connectivity index (χ0) is 9.19. The quantitative estimate of drug-likeness (QED) is 0.672. The van der Waals surface area contributed by atoms with Gasteiger partial charge in [-0.1, -0.05) is 19.3 Å². The molecule has 0 aromatic heterocycles. The Labute approximate surface area is 79.7 Å². The number of nitrogens with two attached hydrogens (primary N) is 2. The summed E-state index contributed by atoms with van der Waals surface area (Å²) in [6.07, 6.45) is 6.36. The van der Waals surface area contributed by atoms with Gasteiger partial charge in [-0.25, -0.2) is 0 Å². The molecule has 1 aliphatic carbocycles. The molecule has 1 rings (SSSR count). The standard InChI is InChI=1S/C7H18N3PS/c1-10(11(8,9)12)7-5-3-2-4-6-7/h7H,2-6H2,1H3,(H4,8,9,12). The predicted molar refractivity (Wildman–Crippen MR) is 57.3 cm³/mol. The van der Waals surface area contributed by atoms with Gasteiger partial charge in [-0.3, -0.25) is 15.7 Å². The van der Waals surface area contributed by atoms with E-state index in [2.05, 4.69) is 0 Å². The van der Waals surface area contributed by atoms with Crippen LogP contribution in [0.15, 0.2) is 0 Å². The number of hydrogen-bond donors (Lipinski definition) is 2. The minimum atomic E-state index is -2.16.